The van der Waals surface area contributed by atoms with Crippen molar-refractivity contribution < 1.29 is 4.79 Å². The third-order valence-electron chi connectivity index (χ3n) is 2.21. The Kier molecular flexibility index (Phi) is 3.05. The minimum atomic E-state index is -0.0375. The van der Waals surface area contributed by atoms with Gasteiger partial charge in [-0.05, 0) is 18.1 Å². The van der Waals surface area contributed by atoms with E-state index in [1.165, 1.54) is 0 Å². The smallest absolute Gasteiger partial charge is 0.200 e. The fraction of sp³-hybridized carbons (Fsp3) is 0.273. The molecule has 5 nitrogen and oxygen atoms in total. The molecule has 2 aromatic heterocycles. The van der Waals surface area contributed by atoms with Gasteiger partial charge in [-0.2, -0.15) is 5.10 Å². The molecule has 0 aromatic carbocycles. The van der Waals surface area contributed by atoms with Gasteiger partial charge in [0.25, 0.3) is 0 Å². The Morgan fingerprint density at radius 3 is 2.75 bits per heavy atom. The van der Waals surface area contributed by atoms with E-state index in [4.69, 9.17) is 0 Å². The van der Waals surface area contributed by atoms with Crippen molar-refractivity contribution in [2.45, 2.75) is 12.8 Å². The summed E-state index contributed by atoms with van der Waals surface area (Å²) in [6.45, 7) is 0. The summed E-state index contributed by atoms with van der Waals surface area (Å²) in [6.07, 6.45) is 7.90. The minimum Gasteiger partial charge on any atom is -0.291 e. The maximum atomic E-state index is 11.7. The van der Waals surface area contributed by atoms with Crippen LogP contribution in [0.5, 0.6) is 0 Å². The van der Waals surface area contributed by atoms with Gasteiger partial charge in [0.15, 0.2) is 11.6 Å². The van der Waals surface area contributed by atoms with E-state index in [9.17, 15) is 4.79 Å². The fourth-order valence-electron chi connectivity index (χ4n) is 1.41. The molecule has 2 aromatic rings. The molecule has 0 bridgehead atoms. The molecule has 16 heavy (non-hydrogen) atoms. The lowest BCUT2D eigenvalue weighted by Gasteiger charge is -1.97. The summed E-state index contributed by atoms with van der Waals surface area (Å²) in [5.41, 5.74) is 1.05. The van der Waals surface area contributed by atoms with Gasteiger partial charge in [-0.15, -0.1) is 0 Å². The molecule has 0 atom stereocenters. The summed E-state index contributed by atoms with van der Waals surface area (Å²) in [7, 11) is 1.85. The van der Waals surface area contributed by atoms with Gasteiger partial charge >= 0.3 is 0 Å². The van der Waals surface area contributed by atoms with Crippen LogP contribution in [0, 0.1) is 0 Å². The van der Waals surface area contributed by atoms with Gasteiger partial charge in [-0.3, -0.25) is 9.48 Å². The van der Waals surface area contributed by atoms with Crippen LogP contribution in [0.1, 0.15) is 22.6 Å². The zero-order chi connectivity index (χ0) is 11.4. The van der Waals surface area contributed by atoms with Gasteiger partial charge in [-0.1, -0.05) is 0 Å². The van der Waals surface area contributed by atoms with E-state index >= 15 is 0 Å². The highest BCUT2D eigenvalue weighted by Gasteiger charge is 2.08. The van der Waals surface area contributed by atoms with Crippen LogP contribution >= 0.6 is 0 Å². The zero-order valence-electron chi connectivity index (χ0n) is 9.00. The largest absolute Gasteiger partial charge is 0.291 e. The Labute approximate surface area is 93.2 Å². The van der Waals surface area contributed by atoms with E-state index in [2.05, 4.69) is 15.1 Å². The Balaban J connectivity index is 1.94. The van der Waals surface area contributed by atoms with Gasteiger partial charge in [0.2, 0.25) is 0 Å². The summed E-state index contributed by atoms with van der Waals surface area (Å²) < 4.78 is 1.72. The number of aryl methyl sites for hydroxylation is 2. The first-order valence-electron chi connectivity index (χ1n) is 5.03. The molecule has 2 heterocycles. The lowest BCUT2D eigenvalue weighted by atomic mass is 10.1. The molecule has 0 spiro atoms. The highest BCUT2D eigenvalue weighted by molar-refractivity contribution is 5.92. The molecule has 82 valence electrons. The lowest BCUT2D eigenvalue weighted by molar-refractivity contribution is 0.0972. The average Bonchev–Trinajstić information content (AvgIpc) is 2.73. The molecule has 0 aliphatic heterocycles. The molecule has 0 radical (unpaired) electrons. The Morgan fingerprint density at radius 1 is 1.38 bits per heavy atom. The summed E-state index contributed by atoms with van der Waals surface area (Å²) in [4.78, 5) is 19.5. The van der Waals surface area contributed by atoms with Crippen LogP contribution in [0.25, 0.3) is 0 Å². The standard InChI is InChI=1S/C11H12N4O/c1-15-8-9(7-14-15)3-4-10(16)11-12-5-2-6-13-11/h2,5-8H,3-4H2,1H3. The van der Waals surface area contributed by atoms with Gasteiger partial charge in [0, 0.05) is 32.1 Å². The summed E-state index contributed by atoms with van der Waals surface area (Å²) in [5.74, 6) is 0.246. The second kappa shape index (κ2) is 4.65. The molecule has 0 aliphatic carbocycles. The first-order valence-corrected chi connectivity index (χ1v) is 5.03. The molecule has 0 N–H and O–H groups in total. The number of rotatable bonds is 4. The van der Waals surface area contributed by atoms with E-state index in [1.54, 1.807) is 29.3 Å². The minimum absolute atomic E-state index is 0.0375. The molecule has 0 fully saturated rings. The van der Waals surface area contributed by atoms with Crippen LogP contribution in [0.3, 0.4) is 0 Å². The van der Waals surface area contributed by atoms with E-state index in [1.807, 2.05) is 13.2 Å². The van der Waals surface area contributed by atoms with E-state index < -0.39 is 0 Å². The molecule has 0 amide bonds. The first kappa shape index (κ1) is 10.5. The van der Waals surface area contributed by atoms with Gasteiger partial charge in [0.1, 0.15) is 0 Å². The van der Waals surface area contributed by atoms with Crippen molar-refractivity contribution in [1.82, 2.24) is 19.7 Å². The molecular weight excluding hydrogens is 204 g/mol. The number of hydrogen-bond donors (Lipinski definition) is 0. The quantitative estimate of drug-likeness (QED) is 0.716. The number of nitrogens with zero attached hydrogens (tertiary/aromatic N) is 4. The predicted molar refractivity (Wildman–Crippen MR) is 57.9 cm³/mol. The summed E-state index contributed by atoms with van der Waals surface area (Å²) in [5, 5.41) is 4.04. The van der Waals surface area contributed by atoms with Crippen molar-refractivity contribution in [2.24, 2.45) is 7.05 Å². The normalized spacial score (nSPS) is 10.3. The van der Waals surface area contributed by atoms with Crippen molar-refractivity contribution in [3.8, 4) is 0 Å². The topological polar surface area (TPSA) is 60.7 Å². The van der Waals surface area contributed by atoms with Crippen molar-refractivity contribution >= 4 is 5.78 Å². The number of carbonyl (C=O) groups is 1. The summed E-state index contributed by atoms with van der Waals surface area (Å²) >= 11 is 0. The Bertz CT molecular complexity index is 478. The Hall–Kier alpha value is -2.04. The van der Waals surface area contributed by atoms with Crippen molar-refractivity contribution in [3.63, 3.8) is 0 Å². The number of hydrogen-bond acceptors (Lipinski definition) is 4. The molecule has 0 aliphatic rings. The summed E-state index contributed by atoms with van der Waals surface area (Å²) in [6, 6.07) is 1.69. The third kappa shape index (κ3) is 2.50. The zero-order valence-corrected chi connectivity index (χ0v) is 9.00. The van der Waals surface area contributed by atoms with Crippen molar-refractivity contribution in [3.05, 3.63) is 42.2 Å². The Morgan fingerprint density at radius 2 is 2.12 bits per heavy atom. The van der Waals surface area contributed by atoms with Crippen LogP contribution in [-0.2, 0) is 13.5 Å². The highest BCUT2D eigenvalue weighted by atomic mass is 16.1. The van der Waals surface area contributed by atoms with Crippen molar-refractivity contribution in [2.75, 3.05) is 0 Å². The second-order valence-electron chi connectivity index (χ2n) is 3.52. The van der Waals surface area contributed by atoms with Crippen molar-refractivity contribution in [1.29, 1.82) is 0 Å². The van der Waals surface area contributed by atoms with Gasteiger partial charge in [0.05, 0.1) is 6.20 Å². The van der Waals surface area contributed by atoms with Gasteiger partial charge in [-0.25, -0.2) is 9.97 Å². The van der Waals surface area contributed by atoms with Gasteiger partial charge < -0.3 is 0 Å². The number of aromatic nitrogens is 4. The monoisotopic (exact) mass is 216 g/mol. The second-order valence-corrected chi connectivity index (χ2v) is 3.52. The molecular formula is C11H12N4O. The average molecular weight is 216 g/mol. The molecule has 5 heteroatoms. The number of ketones is 1. The van der Waals surface area contributed by atoms with E-state index in [0.717, 1.165) is 5.56 Å². The highest BCUT2D eigenvalue weighted by Crippen LogP contribution is 2.04. The van der Waals surface area contributed by atoms with Crippen LogP contribution in [0.4, 0.5) is 0 Å². The maximum Gasteiger partial charge on any atom is 0.200 e. The molecule has 0 saturated carbocycles. The molecule has 0 saturated heterocycles. The molecule has 2 rings (SSSR count). The lowest BCUT2D eigenvalue weighted by Crippen LogP contribution is -2.05. The van der Waals surface area contributed by atoms with E-state index in [0.29, 0.717) is 12.8 Å². The van der Waals surface area contributed by atoms with Crippen LogP contribution < -0.4 is 0 Å². The van der Waals surface area contributed by atoms with Crippen LogP contribution in [-0.4, -0.2) is 25.5 Å². The van der Waals surface area contributed by atoms with E-state index in [-0.39, 0.29) is 11.6 Å². The third-order valence-corrected chi connectivity index (χ3v) is 2.21. The maximum absolute atomic E-state index is 11.7. The molecule has 0 unspecified atom stereocenters. The van der Waals surface area contributed by atoms with Crippen LogP contribution in [0.2, 0.25) is 0 Å². The fourth-order valence-corrected chi connectivity index (χ4v) is 1.41. The SMILES string of the molecule is Cn1cc(CCC(=O)c2ncccn2)cn1. The van der Waals surface area contributed by atoms with Crippen LogP contribution in [0.15, 0.2) is 30.9 Å². The number of Topliss-reactive ketones (excluding diaryl/α,β-unsaturated/α-hetero) is 1. The number of carbonyl (C=O) groups excluding carboxylic acids is 1. The predicted octanol–water partition coefficient (Wildman–Crippen LogP) is 1.03. The first-order chi connectivity index (χ1) is 7.75.